The number of rotatable bonds is 5. The summed E-state index contributed by atoms with van der Waals surface area (Å²) < 4.78 is 11.6. The molecule has 2 heterocycles. The van der Waals surface area contributed by atoms with Gasteiger partial charge in [-0.2, -0.15) is 0 Å². The van der Waals surface area contributed by atoms with Crippen LogP contribution in [0.3, 0.4) is 0 Å². The van der Waals surface area contributed by atoms with Gasteiger partial charge >= 0.3 is 0 Å². The average Bonchev–Trinajstić information content (AvgIpc) is 2.71. The van der Waals surface area contributed by atoms with Crippen LogP contribution in [0.2, 0.25) is 0 Å². The van der Waals surface area contributed by atoms with E-state index in [2.05, 4.69) is 61.0 Å². The van der Waals surface area contributed by atoms with Crippen LogP contribution in [0.15, 0.2) is 23.2 Å². The highest BCUT2D eigenvalue weighted by Crippen LogP contribution is 2.26. The molecule has 28 heavy (non-hydrogen) atoms. The number of aryl methyl sites for hydroxylation is 2. The molecule has 0 aliphatic carbocycles. The third-order valence-electron chi connectivity index (χ3n) is 5.65. The normalized spacial score (nSPS) is 22.9. The summed E-state index contributed by atoms with van der Waals surface area (Å²) in [5.74, 6) is 1.00. The van der Waals surface area contributed by atoms with Gasteiger partial charge in [0.25, 0.3) is 0 Å². The van der Waals surface area contributed by atoms with Gasteiger partial charge in [0, 0.05) is 32.2 Å². The third-order valence-corrected chi connectivity index (χ3v) is 5.65. The molecule has 1 aromatic rings. The highest BCUT2D eigenvalue weighted by molar-refractivity contribution is 5.80. The molecule has 2 unspecified atom stereocenters. The number of morpholine rings is 2. The average molecular weight is 389 g/mol. The van der Waals surface area contributed by atoms with E-state index in [4.69, 9.17) is 14.5 Å². The van der Waals surface area contributed by atoms with Crippen molar-refractivity contribution >= 4 is 5.96 Å². The highest BCUT2D eigenvalue weighted by Gasteiger charge is 2.25. The summed E-state index contributed by atoms with van der Waals surface area (Å²) in [7, 11) is 0. The molecule has 1 aromatic carbocycles. The van der Waals surface area contributed by atoms with Gasteiger partial charge in [-0.3, -0.25) is 9.89 Å². The summed E-state index contributed by atoms with van der Waals surface area (Å²) in [5, 5.41) is 3.48. The number of benzene rings is 1. The van der Waals surface area contributed by atoms with E-state index in [1.165, 1.54) is 16.7 Å². The predicted octanol–water partition coefficient (Wildman–Crippen LogP) is 2.36. The topological polar surface area (TPSA) is 49.3 Å². The molecule has 2 aliphatic rings. The van der Waals surface area contributed by atoms with E-state index in [0.29, 0.717) is 6.04 Å². The van der Waals surface area contributed by atoms with Crippen molar-refractivity contribution < 1.29 is 9.47 Å². The monoisotopic (exact) mass is 388 g/mol. The van der Waals surface area contributed by atoms with E-state index in [0.717, 1.165) is 65.0 Å². The van der Waals surface area contributed by atoms with Crippen molar-refractivity contribution in [2.75, 3.05) is 59.1 Å². The van der Waals surface area contributed by atoms with E-state index in [1.807, 2.05) is 0 Å². The second kappa shape index (κ2) is 10.2. The van der Waals surface area contributed by atoms with Gasteiger partial charge in [-0.25, -0.2) is 0 Å². The number of hydrogen-bond donors (Lipinski definition) is 1. The first-order chi connectivity index (χ1) is 13.6. The number of ether oxygens (including phenoxy) is 2. The van der Waals surface area contributed by atoms with Crippen LogP contribution in [-0.2, 0) is 9.47 Å². The van der Waals surface area contributed by atoms with E-state index < -0.39 is 0 Å². The van der Waals surface area contributed by atoms with Gasteiger partial charge in [0.15, 0.2) is 5.96 Å². The fourth-order valence-corrected chi connectivity index (χ4v) is 3.99. The first-order valence-corrected chi connectivity index (χ1v) is 10.6. The molecule has 2 aliphatic heterocycles. The standard InChI is InChI=1S/C22H36N4O2/c1-5-23-22(24-15-19(4)25-8-11-27-12-9-25)26-10-13-28-21(16-26)20-7-6-17(2)14-18(20)3/h6-7,14,19,21H,5,8-13,15-16H2,1-4H3,(H,23,24). The van der Waals surface area contributed by atoms with E-state index in [9.17, 15) is 0 Å². The summed E-state index contributed by atoms with van der Waals surface area (Å²) in [6.45, 7) is 16.5. The molecule has 2 saturated heterocycles. The zero-order valence-electron chi connectivity index (χ0n) is 17.9. The Hall–Kier alpha value is -1.63. The fraction of sp³-hybridized carbons (Fsp3) is 0.682. The first-order valence-electron chi connectivity index (χ1n) is 10.6. The minimum absolute atomic E-state index is 0.0925. The van der Waals surface area contributed by atoms with Crippen LogP contribution in [0, 0.1) is 13.8 Å². The second-order valence-corrected chi connectivity index (χ2v) is 7.86. The lowest BCUT2D eigenvalue weighted by Gasteiger charge is -2.36. The third kappa shape index (κ3) is 5.46. The van der Waals surface area contributed by atoms with E-state index >= 15 is 0 Å². The molecule has 3 rings (SSSR count). The van der Waals surface area contributed by atoms with Crippen molar-refractivity contribution in [3.05, 3.63) is 34.9 Å². The van der Waals surface area contributed by atoms with Crippen LogP contribution in [0.4, 0.5) is 0 Å². The van der Waals surface area contributed by atoms with Gasteiger partial charge in [-0.1, -0.05) is 23.8 Å². The van der Waals surface area contributed by atoms with Crippen LogP contribution < -0.4 is 5.32 Å². The number of nitrogens with one attached hydrogen (secondary N) is 1. The maximum Gasteiger partial charge on any atom is 0.194 e. The molecule has 0 amide bonds. The summed E-state index contributed by atoms with van der Waals surface area (Å²) >= 11 is 0. The zero-order chi connectivity index (χ0) is 19.9. The molecule has 0 spiro atoms. The fourth-order valence-electron chi connectivity index (χ4n) is 3.99. The predicted molar refractivity (Wildman–Crippen MR) is 114 cm³/mol. The van der Waals surface area contributed by atoms with Crippen molar-refractivity contribution in [1.82, 2.24) is 15.1 Å². The number of nitrogens with zero attached hydrogens (tertiary/aromatic N) is 3. The van der Waals surface area contributed by atoms with E-state index in [-0.39, 0.29) is 6.10 Å². The SMILES string of the molecule is CCNC(=NCC(C)N1CCOCC1)N1CCOC(c2ccc(C)cc2C)C1. The molecular weight excluding hydrogens is 352 g/mol. The van der Waals surface area contributed by atoms with Crippen molar-refractivity contribution in [3.8, 4) is 0 Å². The molecule has 2 atom stereocenters. The van der Waals surface area contributed by atoms with Gasteiger partial charge in [0.1, 0.15) is 6.10 Å². The van der Waals surface area contributed by atoms with Gasteiger partial charge in [-0.15, -0.1) is 0 Å². The quantitative estimate of drug-likeness (QED) is 0.620. The van der Waals surface area contributed by atoms with Crippen LogP contribution in [0.1, 0.15) is 36.6 Å². The maximum absolute atomic E-state index is 6.12. The Morgan fingerprint density at radius 2 is 2.00 bits per heavy atom. The van der Waals surface area contributed by atoms with Crippen molar-refractivity contribution in [1.29, 1.82) is 0 Å². The van der Waals surface area contributed by atoms with Crippen LogP contribution in [0.5, 0.6) is 0 Å². The lowest BCUT2D eigenvalue weighted by Crippen LogP contribution is -2.49. The second-order valence-electron chi connectivity index (χ2n) is 7.86. The summed E-state index contributed by atoms with van der Waals surface area (Å²) in [6.07, 6.45) is 0.0925. The lowest BCUT2D eigenvalue weighted by molar-refractivity contribution is -0.00848. The molecule has 0 radical (unpaired) electrons. The minimum atomic E-state index is 0.0925. The maximum atomic E-state index is 6.12. The number of guanidine groups is 1. The van der Waals surface area contributed by atoms with Crippen molar-refractivity contribution in [3.63, 3.8) is 0 Å². The zero-order valence-corrected chi connectivity index (χ0v) is 17.9. The van der Waals surface area contributed by atoms with Crippen molar-refractivity contribution in [2.45, 2.75) is 39.8 Å². The summed E-state index contributed by atoms with van der Waals surface area (Å²) in [5.41, 5.74) is 3.88. The van der Waals surface area contributed by atoms with E-state index in [1.54, 1.807) is 0 Å². The van der Waals surface area contributed by atoms with Gasteiger partial charge in [0.05, 0.1) is 32.9 Å². The number of hydrogen-bond acceptors (Lipinski definition) is 4. The van der Waals surface area contributed by atoms with Gasteiger partial charge < -0.3 is 19.7 Å². The smallest absolute Gasteiger partial charge is 0.194 e. The van der Waals surface area contributed by atoms with Crippen LogP contribution in [-0.4, -0.2) is 80.9 Å². The molecule has 0 bridgehead atoms. The van der Waals surface area contributed by atoms with Crippen LogP contribution in [0.25, 0.3) is 0 Å². The molecule has 6 heteroatoms. The highest BCUT2D eigenvalue weighted by atomic mass is 16.5. The Morgan fingerprint density at radius 1 is 1.21 bits per heavy atom. The van der Waals surface area contributed by atoms with Crippen LogP contribution >= 0.6 is 0 Å². The number of aliphatic imine (C=N–C) groups is 1. The Balaban J connectivity index is 1.66. The molecule has 6 nitrogen and oxygen atoms in total. The molecule has 1 N–H and O–H groups in total. The Bertz CT molecular complexity index is 658. The molecule has 2 fully saturated rings. The summed E-state index contributed by atoms with van der Waals surface area (Å²) in [6, 6.07) is 7.05. The molecular formula is C22H36N4O2. The Labute approximate surface area is 169 Å². The molecule has 0 saturated carbocycles. The largest absolute Gasteiger partial charge is 0.379 e. The van der Waals surface area contributed by atoms with Crippen molar-refractivity contribution in [2.24, 2.45) is 4.99 Å². The minimum Gasteiger partial charge on any atom is -0.379 e. The molecule has 0 aromatic heterocycles. The summed E-state index contributed by atoms with van der Waals surface area (Å²) in [4.78, 5) is 9.79. The van der Waals surface area contributed by atoms with Gasteiger partial charge in [-0.05, 0) is 38.8 Å². The molecule has 156 valence electrons. The first kappa shape index (κ1) is 21.1. The Morgan fingerprint density at radius 3 is 2.71 bits per heavy atom. The Kier molecular flexibility index (Phi) is 7.71. The van der Waals surface area contributed by atoms with Gasteiger partial charge in [0.2, 0.25) is 0 Å². The lowest BCUT2D eigenvalue weighted by atomic mass is 10.00.